The summed E-state index contributed by atoms with van der Waals surface area (Å²) < 4.78 is 33.5. The van der Waals surface area contributed by atoms with Crippen LogP contribution >= 0.6 is 0 Å². The van der Waals surface area contributed by atoms with Crippen LogP contribution in [0, 0.1) is 11.6 Å². The normalized spacial score (nSPS) is 13.8. The van der Waals surface area contributed by atoms with Gasteiger partial charge in [0.05, 0.1) is 12.6 Å². The summed E-state index contributed by atoms with van der Waals surface area (Å²) in [6.45, 7) is 1.80. The van der Waals surface area contributed by atoms with E-state index < -0.39 is 17.2 Å². The Hall–Kier alpha value is -1.94. The van der Waals surface area contributed by atoms with Crippen molar-refractivity contribution in [3.05, 3.63) is 65.2 Å². The number of hydrogen-bond donors (Lipinski definition) is 1. The Morgan fingerprint density at radius 2 is 1.70 bits per heavy atom. The molecule has 0 radical (unpaired) electrons. The van der Waals surface area contributed by atoms with Gasteiger partial charge in [-0.05, 0) is 18.6 Å². The van der Waals surface area contributed by atoms with Gasteiger partial charge in [0.15, 0.2) is 11.6 Å². The van der Waals surface area contributed by atoms with Gasteiger partial charge in [0, 0.05) is 11.1 Å². The van der Waals surface area contributed by atoms with E-state index in [4.69, 9.17) is 10.5 Å². The summed E-state index contributed by atoms with van der Waals surface area (Å²) in [5.74, 6) is -0.899. The molecule has 0 amide bonds. The van der Waals surface area contributed by atoms with Gasteiger partial charge in [0.2, 0.25) is 0 Å². The number of hydrogen-bond acceptors (Lipinski definition) is 2. The lowest BCUT2D eigenvalue weighted by molar-refractivity contribution is 0.373. The van der Waals surface area contributed by atoms with Crippen LogP contribution in [0.15, 0.2) is 42.5 Å². The van der Waals surface area contributed by atoms with Gasteiger partial charge in [-0.15, -0.1) is 0 Å². The van der Waals surface area contributed by atoms with Crippen LogP contribution in [0.1, 0.15) is 24.5 Å². The standard InChI is InChI=1S/C16H17F2NO/c1-3-16(19,11-7-4-5-9-13(11)17)12-8-6-10-14(20-2)15(12)18/h4-10H,3,19H2,1-2H3. The third kappa shape index (κ3) is 2.27. The first-order valence-electron chi connectivity index (χ1n) is 6.41. The van der Waals surface area contributed by atoms with Gasteiger partial charge in [0.25, 0.3) is 0 Å². The molecule has 2 aromatic rings. The molecule has 2 rings (SSSR count). The SMILES string of the molecule is CCC(N)(c1ccccc1F)c1cccc(OC)c1F. The predicted molar refractivity (Wildman–Crippen MR) is 74.6 cm³/mol. The van der Waals surface area contributed by atoms with Crippen LogP contribution in [0.4, 0.5) is 8.78 Å². The third-order valence-corrected chi connectivity index (χ3v) is 3.58. The first kappa shape index (κ1) is 14.5. The molecule has 0 heterocycles. The second-order valence-corrected chi connectivity index (χ2v) is 4.63. The van der Waals surface area contributed by atoms with Gasteiger partial charge in [-0.1, -0.05) is 37.3 Å². The molecular formula is C16H17F2NO. The minimum Gasteiger partial charge on any atom is -0.494 e. The smallest absolute Gasteiger partial charge is 0.170 e. The van der Waals surface area contributed by atoms with Crippen molar-refractivity contribution < 1.29 is 13.5 Å². The molecule has 20 heavy (non-hydrogen) atoms. The zero-order valence-electron chi connectivity index (χ0n) is 11.5. The van der Waals surface area contributed by atoms with E-state index in [1.165, 1.54) is 19.2 Å². The van der Waals surface area contributed by atoms with Crippen molar-refractivity contribution in [2.24, 2.45) is 5.73 Å². The van der Waals surface area contributed by atoms with Gasteiger partial charge in [-0.2, -0.15) is 0 Å². The van der Waals surface area contributed by atoms with Gasteiger partial charge in [0.1, 0.15) is 5.82 Å². The minimum absolute atomic E-state index is 0.0992. The fraction of sp³-hybridized carbons (Fsp3) is 0.250. The molecule has 0 aromatic heterocycles. The first-order valence-corrected chi connectivity index (χ1v) is 6.41. The van der Waals surface area contributed by atoms with E-state index in [2.05, 4.69) is 0 Å². The quantitative estimate of drug-likeness (QED) is 0.927. The Balaban J connectivity index is 2.66. The van der Waals surface area contributed by atoms with E-state index in [9.17, 15) is 8.78 Å². The summed E-state index contributed by atoms with van der Waals surface area (Å²) >= 11 is 0. The summed E-state index contributed by atoms with van der Waals surface area (Å²) in [5.41, 5.74) is 5.60. The molecule has 1 unspecified atom stereocenters. The molecule has 0 saturated heterocycles. The summed E-state index contributed by atoms with van der Waals surface area (Å²) in [7, 11) is 1.38. The van der Waals surface area contributed by atoms with E-state index >= 15 is 0 Å². The summed E-state index contributed by atoms with van der Waals surface area (Å²) in [6, 6.07) is 10.9. The maximum Gasteiger partial charge on any atom is 0.170 e. The van der Waals surface area contributed by atoms with Crippen LogP contribution in [-0.2, 0) is 5.54 Å². The van der Waals surface area contributed by atoms with Crippen molar-refractivity contribution in [3.63, 3.8) is 0 Å². The Labute approximate surface area is 117 Å². The zero-order valence-corrected chi connectivity index (χ0v) is 11.5. The average molecular weight is 277 g/mol. The van der Waals surface area contributed by atoms with Gasteiger partial charge < -0.3 is 10.5 Å². The highest BCUT2D eigenvalue weighted by Gasteiger charge is 2.33. The molecule has 4 heteroatoms. The molecule has 0 spiro atoms. The molecule has 2 aromatic carbocycles. The fourth-order valence-corrected chi connectivity index (χ4v) is 2.36. The second kappa shape index (κ2) is 5.59. The number of halogens is 2. The molecule has 2 N–H and O–H groups in total. The van der Waals surface area contributed by atoms with E-state index in [0.717, 1.165) is 0 Å². The van der Waals surface area contributed by atoms with Crippen molar-refractivity contribution in [1.29, 1.82) is 0 Å². The van der Waals surface area contributed by atoms with Gasteiger partial charge >= 0.3 is 0 Å². The molecule has 0 bridgehead atoms. The molecule has 0 aliphatic heterocycles. The molecule has 0 fully saturated rings. The highest BCUT2D eigenvalue weighted by atomic mass is 19.1. The fourth-order valence-electron chi connectivity index (χ4n) is 2.36. The lowest BCUT2D eigenvalue weighted by atomic mass is 9.81. The number of ether oxygens (including phenoxy) is 1. The number of benzene rings is 2. The lowest BCUT2D eigenvalue weighted by Crippen LogP contribution is -2.39. The van der Waals surface area contributed by atoms with E-state index in [0.29, 0.717) is 6.42 Å². The van der Waals surface area contributed by atoms with Crippen LogP contribution in [0.25, 0.3) is 0 Å². The van der Waals surface area contributed by atoms with Crippen molar-refractivity contribution in [2.75, 3.05) is 7.11 Å². The predicted octanol–water partition coefficient (Wildman–Crippen LogP) is 3.59. The second-order valence-electron chi connectivity index (χ2n) is 4.63. The topological polar surface area (TPSA) is 35.2 Å². The minimum atomic E-state index is -1.23. The van der Waals surface area contributed by atoms with Crippen LogP contribution < -0.4 is 10.5 Å². The Kier molecular flexibility index (Phi) is 4.04. The monoisotopic (exact) mass is 277 g/mol. The summed E-state index contributed by atoms with van der Waals surface area (Å²) in [6.07, 6.45) is 0.359. The van der Waals surface area contributed by atoms with E-state index in [1.807, 2.05) is 0 Å². The average Bonchev–Trinajstić information content (AvgIpc) is 2.47. The number of nitrogens with two attached hydrogens (primary N) is 1. The molecule has 2 nitrogen and oxygen atoms in total. The summed E-state index contributed by atoms with van der Waals surface area (Å²) in [5, 5.41) is 0. The zero-order chi connectivity index (χ0) is 14.8. The van der Waals surface area contributed by atoms with E-state index in [1.54, 1.807) is 37.3 Å². The van der Waals surface area contributed by atoms with E-state index in [-0.39, 0.29) is 16.9 Å². The van der Waals surface area contributed by atoms with Crippen LogP contribution in [0.3, 0.4) is 0 Å². The van der Waals surface area contributed by atoms with Crippen LogP contribution in [0.2, 0.25) is 0 Å². The van der Waals surface area contributed by atoms with Crippen molar-refractivity contribution in [3.8, 4) is 5.75 Å². The largest absolute Gasteiger partial charge is 0.494 e. The van der Waals surface area contributed by atoms with Crippen LogP contribution in [0.5, 0.6) is 5.75 Å². The van der Waals surface area contributed by atoms with Gasteiger partial charge in [-0.3, -0.25) is 0 Å². The number of rotatable bonds is 4. The molecule has 0 saturated carbocycles. The van der Waals surface area contributed by atoms with Crippen LogP contribution in [-0.4, -0.2) is 7.11 Å². The van der Waals surface area contributed by atoms with Crippen molar-refractivity contribution in [1.82, 2.24) is 0 Å². The number of methoxy groups -OCH3 is 1. The van der Waals surface area contributed by atoms with Gasteiger partial charge in [-0.25, -0.2) is 8.78 Å². The maximum atomic E-state index is 14.4. The van der Waals surface area contributed by atoms with Crippen molar-refractivity contribution >= 4 is 0 Å². The molecule has 106 valence electrons. The Morgan fingerprint density at radius 3 is 2.30 bits per heavy atom. The molecule has 0 aliphatic carbocycles. The third-order valence-electron chi connectivity index (χ3n) is 3.58. The highest BCUT2D eigenvalue weighted by molar-refractivity contribution is 5.43. The molecular weight excluding hydrogens is 260 g/mol. The Morgan fingerprint density at radius 1 is 1.05 bits per heavy atom. The molecule has 0 aliphatic rings. The lowest BCUT2D eigenvalue weighted by Gasteiger charge is -2.30. The maximum absolute atomic E-state index is 14.4. The Bertz CT molecular complexity index is 615. The summed E-state index contributed by atoms with van der Waals surface area (Å²) in [4.78, 5) is 0. The highest BCUT2D eigenvalue weighted by Crippen LogP contribution is 2.36. The molecule has 1 atom stereocenters. The first-order chi connectivity index (χ1) is 9.54. The van der Waals surface area contributed by atoms with Crippen molar-refractivity contribution in [2.45, 2.75) is 18.9 Å².